The summed E-state index contributed by atoms with van der Waals surface area (Å²) < 4.78 is 4.98. The van der Waals surface area contributed by atoms with E-state index in [4.69, 9.17) is 15.6 Å². The first-order chi connectivity index (χ1) is 6.29. The van der Waals surface area contributed by atoms with Crippen molar-refractivity contribution in [3.63, 3.8) is 0 Å². The SMILES string of the molecule is COc1c(N)ncnc1NCCO. The largest absolute Gasteiger partial charge is 0.490 e. The molecule has 0 aliphatic carbocycles. The van der Waals surface area contributed by atoms with Crippen LogP contribution in [0.3, 0.4) is 0 Å². The van der Waals surface area contributed by atoms with Crippen LogP contribution in [-0.4, -0.2) is 35.3 Å². The second-order valence-electron chi connectivity index (χ2n) is 2.29. The molecule has 4 N–H and O–H groups in total. The van der Waals surface area contributed by atoms with Crippen molar-refractivity contribution < 1.29 is 9.84 Å². The highest BCUT2D eigenvalue weighted by Gasteiger charge is 2.07. The molecule has 0 aliphatic heterocycles. The lowest BCUT2D eigenvalue weighted by molar-refractivity contribution is 0.310. The first-order valence-electron chi connectivity index (χ1n) is 3.78. The number of nitrogens with two attached hydrogens (primary N) is 1. The van der Waals surface area contributed by atoms with E-state index >= 15 is 0 Å². The predicted octanol–water partition coefficient (Wildman–Crippen LogP) is -0.528. The van der Waals surface area contributed by atoms with Crippen LogP contribution in [0.4, 0.5) is 11.6 Å². The molecule has 1 aromatic rings. The molecule has 0 radical (unpaired) electrons. The van der Waals surface area contributed by atoms with E-state index in [2.05, 4.69) is 15.3 Å². The highest BCUT2D eigenvalue weighted by Crippen LogP contribution is 2.25. The standard InChI is InChI=1S/C7H12N4O2/c1-13-5-6(8)10-4-11-7(5)9-2-3-12/h4,12H,2-3H2,1H3,(H3,8,9,10,11). The zero-order valence-electron chi connectivity index (χ0n) is 7.32. The van der Waals surface area contributed by atoms with Gasteiger partial charge in [0.2, 0.25) is 5.75 Å². The van der Waals surface area contributed by atoms with Crippen molar-refractivity contribution in [2.24, 2.45) is 0 Å². The van der Waals surface area contributed by atoms with Crippen molar-refractivity contribution in [2.45, 2.75) is 0 Å². The summed E-state index contributed by atoms with van der Waals surface area (Å²) in [4.78, 5) is 7.67. The fourth-order valence-corrected chi connectivity index (χ4v) is 0.889. The number of anilines is 2. The van der Waals surface area contributed by atoms with Crippen LogP contribution in [0.15, 0.2) is 6.33 Å². The number of aliphatic hydroxyl groups is 1. The molecule has 0 amide bonds. The van der Waals surface area contributed by atoms with Crippen LogP contribution in [0, 0.1) is 0 Å². The Morgan fingerprint density at radius 1 is 1.62 bits per heavy atom. The Balaban J connectivity index is 2.85. The summed E-state index contributed by atoms with van der Waals surface area (Å²) in [6, 6.07) is 0. The Bertz CT molecular complexity index is 279. The minimum Gasteiger partial charge on any atom is -0.490 e. The summed E-state index contributed by atoms with van der Waals surface area (Å²) in [5.74, 6) is 1.16. The molecule has 6 heteroatoms. The third-order valence-electron chi connectivity index (χ3n) is 1.44. The smallest absolute Gasteiger partial charge is 0.203 e. The Hall–Kier alpha value is -1.56. The lowest BCUT2D eigenvalue weighted by Crippen LogP contribution is -2.09. The Morgan fingerprint density at radius 3 is 3.00 bits per heavy atom. The van der Waals surface area contributed by atoms with E-state index in [-0.39, 0.29) is 12.4 Å². The number of nitrogen functional groups attached to an aromatic ring is 1. The van der Waals surface area contributed by atoms with E-state index in [9.17, 15) is 0 Å². The molecule has 72 valence electrons. The van der Waals surface area contributed by atoms with Gasteiger partial charge in [-0.3, -0.25) is 0 Å². The number of aromatic nitrogens is 2. The van der Waals surface area contributed by atoms with E-state index in [1.165, 1.54) is 13.4 Å². The van der Waals surface area contributed by atoms with Crippen molar-refractivity contribution in [3.05, 3.63) is 6.33 Å². The normalized spacial score (nSPS) is 9.69. The monoisotopic (exact) mass is 184 g/mol. The van der Waals surface area contributed by atoms with Crippen LogP contribution >= 0.6 is 0 Å². The summed E-state index contributed by atoms with van der Waals surface area (Å²) in [5, 5.41) is 11.4. The lowest BCUT2D eigenvalue weighted by atomic mass is 10.4. The molecule has 0 unspecified atom stereocenters. The molecule has 0 saturated heterocycles. The zero-order valence-corrected chi connectivity index (χ0v) is 7.32. The predicted molar refractivity (Wildman–Crippen MR) is 48.6 cm³/mol. The molecule has 1 rings (SSSR count). The summed E-state index contributed by atoms with van der Waals surface area (Å²) in [6.07, 6.45) is 1.33. The molecule has 13 heavy (non-hydrogen) atoms. The molecule has 1 heterocycles. The number of rotatable bonds is 4. The first-order valence-corrected chi connectivity index (χ1v) is 3.78. The average Bonchev–Trinajstić information content (AvgIpc) is 2.15. The minimum absolute atomic E-state index is 0.0209. The summed E-state index contributed by atoms with van der Waals surface area (Å²) in [7, 11) is 1.49. The molecule has 1 aromatic heterocycles. The van der Waals surface area contributed by atoms with Crippen molar-refractivity contribution in [3.8, 4) is 5.75 Å². The number of aliphatic hydroxyl groups excluding tert-OH is 1. The molecular weight excluding hydrogens is 172 g/mol. The molecule has 0 spiro atoms. The van der Waals surface area contributed by atoms with Gasteiger partial charge in [0.25, 0.3) is 0 Å². The fourth-order valence-electron chi connectivity index (χ4n) is 0.889. The third kappa shape index (κ3) is 2.19. The van der Waals surface area contributed by atoms with Gasteiger partial charge < -0.3 is 20.9 Å². The summed E-state index contributed by atoms with van der Waals surface area (Å²) in [6.45, 7) is 0.417. The molecular formula is C7H12N4O2. The molecule has 0 saturated carbocycles. The molecule has 0 aliphatic rings. The number of ether oxygens (including phenoxy) is 1. The summed E-state index contributed by atoms with van der Waals surface area (Å²) >= 11 is 0. The average molecular weight is 184 g/mol. The van der Waals surface area contributed by atoms with Gasteiger partial charge in [-0.25, -0.2) is 9.97 Å². The maximum absolute atomic E-state index is 8.58. The van der Waals surface area contributed by atoms with E-state index in [1.807, 2.05) is 0 Å². The van der Waals surface area contributed by atoms with Crippen LogP contribution in [0.1, 0.15) is 0 Å². The second kappa shape index (κ2) is 4.46. The van der Waals surface area contributed by atoms with Gasteiger partial charge in [-0.05, 0) is 0 Å². The molecule has 0 bridgehead atoms. The topological polar surface area (TPSA) is 93.3 Å². The maximum Gasteiger partial charge on any atom is 0.203 e. The van der Waals surface area contributed by atoms with Crippen molar-refractivity contribution in [2.75, 3.05) is 31.3 Å². The van der Waals surface area contributed by atoms with E-state index in [0.29, 0.717) is 18.1 Å². The number of hydrogen-bond acceptors (Lipinski definition) is 6. The van der Waals surface area contributed by atoms with Crippen molar-refractivity contribution in [1.29, 1.82) is 0 Å². The van der Waals surface area contributed by atoms with Crippen LogP contribution in [-0.2, 0) is 0 Å². The van der Waals surface area contributed by atoms with Gasteiger partial charge in [0, 0.05) is 6.54 Å². The van der Waals surface area contributed by atoms with Crippen LogP contribution in [0.5, 0.6) is 5.75 Å². The number of nitrogens with one attached hydrogen (secondary N) is 1. The van der Waals surface area contributed by atoms with Gasteiger partial charge in [-0.2, -0.15) is 0 Å². The second-order valence-corrected chi connectivity index (χ2v) is 2.29. The Morgan fingerprint density at radius 2 is 2.38 bits per heavy atom. The molecule has 0 atom stereocenters. The zero-order chi connectivity index (χ0) is 9.68. The minimum atomic E-state index is 0.0209. The highest BCUT2D eigenvalue weighted by atomic mass is 16.5. The Labute approximate surface area is 75.8 Å². The van der Waals surface area contributed by atoms with Crippen LogP contribution in [0.25, 0.3) is 0 Å². The first kappa shape index (κ1) is 9.53. The van der Waals surface area contributed by atoms with Gasteiger partial charge in [-0.15, -0.1) is 0 Å². The van der Waals surface area contributed by atoms with E-state index in [0.717, 1.165) is 0 Å². The van der Waals surface area contributed by atoms with Gasteiger partial charge >= 0.3 is 0 Å². The maximum atomic E-state index is 8.58. The third-order valence-corrected chi connectivity index (χ3v) is 1.44. The number of methoxy groups -OCH3 is 1. The fraction of sp³-hybridized carbons (Fsp3) is 0.429. The van der Waals surface area contributed by atoms with Gasteiger partial charge in [0.15, 0.2) is 11.6 Å². The summed E-state index contributed by atoms with van der Waals surface area (Å²) in [5.41, 5.74) is 5.53. The Kier molecular flexibility index (Phi) is 3.27. The van der Waals surface area contributed by atoms with Crippen molar-refractivity contribution in [1.82, 2.24) is 9.97 Å². The molecule has 6 nitrogen and oxygen atoms in total. The van der Waals surface area contributed by atoms with Gasteiger partial charge in [-0.1, -0.05) is 0 Å². The van der Waals surface area contributed by atoms with Crippen LogP contribution in [0.2, 0.25) is 0 Å². The van der Waals surface area contributed by atoms with E-state index < -0.39 is 0 Å². The van der Waals surface area contributed by atoms with E-state index in [1.54, 1.807) is 0 Å². The molecule has 0 aromatic carbocycles. The van der Waals surface area contributed by atoms with Crippen LogP contribution < -0.4 is 15.8 Å². The number of hydrogen-bond donors (Lipinski definition) is 3. The van der Waals surface area contributed by atoms with Crippen molar-refractivity contribution >= 4 is 11.6 Å². The van der Waals surface area contributed by atoms with Gasteiger partial charge in [0.05, 0.1) is 13.7 Å². The highest BCUT2D eigenvalue weighted by molar-refractivity contribution is 5.61. The lowest BCUT2D eigenvalue weighted by Gasteiger charge is -2.09. The number of nitrogens with zero attached hydrogens (tertiary/aromatic N) is 2. The molecule has 0 fully saturated rings. The van der Waals surface area contributed by atoms with Gasteiger partial charge in [0.1, 0.15) is 6.33 Å². The quantitative estimate of drug-likeness (QED) is 0.582.